The molecule has 1 fully saturated rings. The largest absolute Gasteiger partial charge is 0.497 e. The number of rotatable bonds is 7. The smallest absolute Gasteiger partial charge is 0.118 e. The van der Waals surface area contributed by atoms with E-state index in [-0.39, 0.29) is 0 Å². The van der Waals surface area contributed by atoms with Crippen LogP contribution in [0.4, 0.5) is 0 Å². The first-order chi connectivity index (χ1) is 9.81. The molecule has 0 bridgehead atoms. The number of halogens is 1. The number of likely N-dealkylation sites (tertiary alicyclic amines) is 1. The lowest BCUT2D eigenvalue weighted by atomic mass is 10.1. The van der Waals surface area contributed by atoms with E-state index in [1.165, 1.54) is 5.56 Å². The van der Waals surface area contributed by atoms with E-state index in [1.807, 2.05) is 12.1 Å². The van der Waals surface area contributed by atoms with E-state index < -0.39 is 0 Å². The highest BCUT2D eigenvalue weighted by Gasteiger charge is 2.18. The fourth-order valence-electron chi connectivity index (χ4n) is 2.59. The number of hydrogen-bond acceptors (Lipinski definition) is 3. The lowest BCUT2D eigenvalue weighted by Gasteiger charge is -2.31. The molecule has 1 aliphatic heterocycles. The van der Waals surface area contributed by atoms with Crippen LogP contribution in [0.15, 0.2) is 24.3 Å². The minimum Gasteiger partial charge on any atom is -0.497 e. The first-order valence-electron chi connectivity index (χ1n) is 7.34. The van der Waals surface area contributed by atoms with Gasteiger partial charge in [-0.3, -0.25) is 0 Å². The van der Waals surface area contributed by atoms with Crippen molar-refractivity contribution in [2.24, 2.45) is 0 Å². The summed E-state index contributed by atoms with van der Waals surface area (Å²) in [6.45, 7) is 4.05. The van der Waals surface area contributed by atoms with Crippen molar-refractivity contribution in [3.8, 4) is 5.75 Å². The van der Waals surface area contributed by atoms with Gasteiger partial charge < -0.3 is 14.4 Å². The van der Waals surface area contributed by atoms with Gasteiger partial charge in [0.05, 0.1) is 19.8 Å². The summed E-state index contributed by atoms with van der Waals surface area (Å²) in [5.41, 5.74) is 1.37. The van der Waals surface area contributed by atoms with Crippen LogP contribution in [0.5, 0.6) is 5.75 Å². The van der Waals surface area contributed by atoms with Crippen molar-refractivity contribution in [2.45, 2.75) is 25.4 Å². The van der Waals surface area contributed by atoms with Crippen molar-refractivity contribution in [2.75, 3.05) is 39.2 Å². The molecule has 0 N–H and O–H groups in total. The van der Waals surface area contributed by atoms with E-state index in [0.717, 1.165) is 44.6 Å². The van der Waals surface area contributed by atoms with E-state index in [1.54, 1.807) is 7.11 Å². The monoisotopic (exact) mass is 297 g/mol. The van der Waals surface area contributed by atoms with Gasteiger partial charge >= 0.3 is 0 Å². The summed E-state index contributed by atoms with van der Waals surface area (Å²) in [5, 5.41) is 0. The van der Waals surface area contributed by atoms with Crippen molar-refractivity contribution in [3.63, 3.8) is 0 Å². The van der Waals surface area contributed by atoms with E-state index >= 15 is 0 Å². The Morgan fingerprint density at radius 3 is 2.50 bits per heavy atom. The van der Waals surface area contributed by atoms with Crippen LogP contribution in [0.25, 0.3) is 0 Å². The summed E-state index contributed by atoms with van der Waals surface area (Å²) in [6, 6.07) is 8.35. The Bertz CT molecular complexity index is 375. The minimum atomic E-state index is 0.408. The van der Waals surface area contributed by atoms with Crippen molar-refractivity contribution >= 4 is 11.6 Å². The Balaban J connectivity index is 1.67. The van der Waals surface area contributed by atoms with Gasteiger partial charge in [-0.25, -0.2) is 0 Å². The molecule has 0 aromatic heterocycles. The third kappa shape index (κ3) is 4.97. The maximum atomic E-state index is 5.70. The van der Waals surface area contributed by atoms with Gasteiger partial charge in [0.1, 0.15) is 5.75 Å². The first-order valence-corrected chi connectivity index (χ1v) is 7.88. The molecule has 0 radical (unpaired) electrons. The van der Waals surface area contributed by atoms with Gasteiger partial charge in [0.2, 0.25) is 0 Å². The van der Waals surface area contributed by atoms with Crippen molar-refractivity contribution in [3.05, 3.63) is 29.8 Å². The summed E-state index contributed by atoms with van der Waals surface area (Å²) >= 11 is 5.64. The first kappa shape index (κ1) is 15.6. The second kappa shape index (κ2) is 8.50. The molecule has 1 saturated heterocycles. The Morgan fingerprint density at radius 1 is 1.20 bits per heavy atom. The molecule has 0 atom stereocenters. The normalized spacial score (nSPS) is 17.3. The molecule has 112 valence electrons. The van der Waals surface area contributed by atoms with Gasteiger partial charge in [-0.05, 0) is 37.0 Å². The molecule has 1 aromatic carbocycles. The van der Waals surface area contributed by atoms with E-state index in [2.05, 4.69) is 17.0 Å². The van der Waals surface area contributed by atoms with Crippen LogP contribution in [0, 0.1) is 0 Å². The molecule has 1 aliphatic rings. The Kier molecular flexibility index (Phi) is 6.64. The number of methoxy groups -OCH3 is 1. The number of alkyl halides is 1. The van der Waals surface area contributed by atoms with Gasteiger partial charge in [0.15, 0.2) is 0 Å². The lowest BCUT2D eigenvalue weighted by Crippen LogP contribution is -2.38. The topological polar surface area (TPSA) is 21.7 Å². The third-order valence-corrected chi connectivity index (χ3v) is 4.00. The Hall–Kier alpha value is -0.770. The summed E-state index contributed by atoms with van der Waals surface area (Å²) < 4.78 is 10.9. The molecule has 4 heteroatoms. The predicted octanol–water partition coefficient (Wildman–Crippen LogP) is 2.96. The van der Waals surface area contributed by atoms with Crippen LogP contribution in [0.2, 0.25) is 0 Å². The zero-order chi connectivity index (χ0) is 14.2. The second-order valence-electron chi connectivity index (χ2n) is 5.20. The Morgan fingerprint density at radius 2 is 1.90 bits per heavy atom. The molecule has 0 aliphatic carbocycles. The van der Waals surface area contributed by atoms with Crippen molar-refractivity contribution in [1.82, 2.24) is 4.90 Å². The molecule has 1 aromatic rings. The van der Waals surface area contributed by atoms with Gasteiger partial charge in [-0.15, -0.1) is 11.6 Å². The molecule has 1 heterocycles. The molecule has 3 nitrogen and oxygen atoms in total. The standard InChI is InChI=1S/C16H24ClNO2/c1-19-15-4-2-14(3-5-15)6-10-18-11-7-16(8-12-18)20-13-9-17/h2-5,16H,6-13H2,1H3. The average Bonchev–Trinajstić information content (AvgIpc) is 2.52. The fourth-order valence-corrected chi connectivity index (χ4v) is 2.68. The number of piperidine rings is 1. The zero-order valence-electron chi connectivity index (χ0n) is 12.2. The van der Waals surface area contributed by atoms with Gasteiger partial charge in [0, 0.05) is 25.5 Å². The van der Waals surface area contributed by atoms with E-state index in [9.17, 15) is 0 Å². The summed E-state index contributed by atoms with van der Waals surface area (Å²) in [4.78, 5) is 2.52. The highest BCUT2D eigenvalue weighted by Crippen LogP contribution is 2.16. The van der Waals surface area contributed by atoms with Crippen molar-refractivity contribution in [1.29, 1.82) is 0 Å². The van der Waals surface area contributed by atoms with Crippen molar-refractivity contribution < 1.29 is 9.47 Å². The van der Waals surface area contributed by atoms with Gasteiger partial charge in [-0.1, -0.05) is 12.1 Å². The lowest BCUT2D eigenvalue weighted by molar-refractivity contribution is 0.0155. The maximum absolute atomic E-state index is 5.70. The predicted molar refractivity (Wildman–Crippen MR) is 82.8 cm³/mol. The SMILES string of the molecule is COc1ccc(CCN2CCC(OCCCl)CC2)cc1. The molecular weight excluding hydrogens is 274 g/mol. The van der Waals surface area contributed by atoms with E-state index in [0.29, 0.717) is 18.6 Å². The number of ether oxygens (including phenoxy) is 2. The van der Waals surface area contributed by atoms with Crippen LogP contribution in [-0.4, -0.2) is 50.2 Å². The van der Waals surface area contributed by atoms with Gasteiger partial charge in [-0.2, -0.15) is 0 Å². The molecule has 0 amide bonds. The number of hydrogen-bond donors (Lipinski definition) is 0. The average molecular weight is 298 g/mol. The van der Waals surface area contributed by atoms with Crippen LogP contribution in [0.3, 0.4) is 0 Å². The van der Waals surface area contributed by atoms with E-state index in [4.69, 9.17) is 21.1 Å². The summed E-state index contributed by atoms with van der Waals surface area (Å²) in [5.74, 6) is 1.52. The van der Waals surface area contributed by atoms with Crippen LogP contribution in [0.1, 0.15) is 18.4 Å². The minimum absolute atomic E-state index is 0.408. The van der Waals surface area contributed by atoms with Crippen LogP contribution < -0.4 is 4.74 Å². The zero-order valence-corrected chi connectivity index (χ0v) is 12.9. The number of benzene rings is 1. The molecule has 2 rings (SSSR count). The molecular formula is C16H24ClNO2. The third-order valence-electron chi connectivity index (χ3n) is 3.84. The van der Waals surface area contributed by atoms with Gasteiger partial charge in [0.25, 0.3) is 0 Å². The molecule has 0 saturated carbocycles. The Labute approximate surface area is 126 Å². The molecule has 20 heavy (non-hydrogen) atoms. The van der Waals surface area contributed by atoms with Crippen LogP contribution in [-0.2, 0) is 11.2 Å². The fraction of sp³-hybridized carbons (Fsp3) is 0.625. The quantitative estimate of drug-likeness (QED) is 0.722. The molecule has 0 spiro atoms. The highest BCUT2D eigenvalue weighted by atomic mass is 35.5. The summed E-state index contributed by atoms with van der Waals surface area (Å²) in [7, 11) is 1.70. The highest BCUT2D eigenvalue weighted by molar-refractivity contribution is 6.17. The van der Waals surface area contributed by atoms with Crippen LogP contribution >= 0.6 is 11.6 Å². The molecule has 0 unspecified atom stereocenters. The number of nitrogens with zero attached hydrogens (tertiary/aromatic N) is 1. The second-order valence-corrected chi connectivity index (χ2v) is 5.58. The maximum Gasteiger partial charge on any atom is 0.118 e. The summed E-state index contributed by atoms with van der Waals surface area (Å²) in [6.07, 6.45) is 3.75.